The van der Waals surface area contributed by atoms with Crippen molar-refractivity contribution >= 4 is 6.03 Å². The quantitative estimate of drug-likeness (QED) is 0.765. The van der Waals surface area contributed by atoms with Gasteiger partial charge in [-0.15, -0.1) is 0 Å². The van der Waals surface area contributed by atoms with Crippen LogP contribution < -0.4 is 10.6 Å². The Morgan fingerprint density at radius 2 is 1.94 bits per heavy atom. The molecule has 0 atom stereocenters. The van der Waals surface area contributed by atoms with E-state index in [4.69, 9.17) is 0 Å². The van der Waals surface area contributed by atoms with E-state index in [-0.39, 0.29) is 6.03 Å². The van der Waals surface area contributed by atoms with Gasteiger partial charge in [-0.25, -0.2) is 4.79 Å². The van der Waals surface area contributed by atoms with Gasteiger partial charge >= 0.3 is 6.03 Å². The Morgan fingerprint density at radius 3 is 2.53 bits per heavy atom. The smallest absolute Gasteiger partial charge is 0.317 e. The van der Waals surface area contributed by atoms with E-state index >= 15 is 0 Å². The summed E-state index contributed by atoms with van der Waals surface area (Å²) >= 11 is 0. The van der Waals surface area contributed by atoms with Crippen LogP contribution in [-0.2, 0) is 0 Å². The predicted octanol–water partition coefficient (Wildman–Crippen LogP) is 1.57. The third-order valence-electron chi connectivity index (χ3n) is 3.70. The Kier molecular flexibility index (Phi) is 4.66. The Hall–Kier alpha value is -0.770. The lowest BCUT2D eigenvalue weighted by molar-refractivity contribution is 0.176. The first kappa shape index (κ1) is 12.7. The highest BCUT2D eigenvalue weighted by molar-refractivity contribution is 5.74. The number of rotatable bonds is 5. The van der Waals surface area contributed by atoms with E-state index in [1.807, 2.05) is 4.90 Å². The summed E-state index contributed by atoms with van der Waals surface area (Å²) in [5.74, 6) is 0.945. The summed E-state index contributed by atoms with van der Waals surface area (Å²) in [5.41, 5.74) is 0. The molecule has 1 heterocycles. The largest absolute Gasteiger partial charge is 0.338 e. The second-order valence-corrected chi connectivity index (χ2v) is 5.34. The summed E-state index contributed by atoms with van der Waals surface area (Å²) in [6, 6.07) is 0.748. The minimum Gasteiger partial charge on any atom is -0.338 e. The highest BCUT2D eigenvalue weighted by atomic mass is 16.2. The number of urea groups is 1. The molecular weight excluding hydrogens is 214 g/mol. The monoisotopic (exact) mass is 239 g/mol. The molecule has 0 spiro atoms. The van der Waals surface area contributed by atoms with Crippen LogP contribution in [0.4, 0.5) is 4.79 Å². The van der Waals surface area contributed by atoms with Gasteiger partial charge in [0.25, 0.3) is 0 Å². The van der Waals surface area contributed by atoms with Crippen molar-refractivity contribution in [2.75, 3.05) is 26.2 Å². The molecule has 4 nitrogen and oxygen atoms in total. The van der Waals surface area contributed by atoms with Gasteiger partial charge in [0.15, 0.2) is 0 Å². The first-order valence-corrected chi connectivity index (χ1v) is 7.05. The minimum atomic E-state index is 0.118. The summed E-state index contributed by atoms with van der Waals surface area (Å²) in [4.78, 5) is 13.7. The number of piperidine rings is 1. The Labute approximate surface area is 104 Å². The molecule has 1 saturated heterocycles. The summed E-state index contributed by atoms with van der Waals surface area (Å²) in [6.45, 7) is 5.86. The van der Waals surface area contributed by atoms with E-state index in [9.17, 15) is 4.79 Å². The Balaban J connectivity index is 1.60. The topological polar surface area (TPSA) is 44.4 Å². The van der Waals surface area contributed by atoms with Gasteiger partial charge in [0.05, 0.1) is 0 Å². The zero-order valence-corrected chi connectivity index (χ0v) is 10.9. The molecule has 0 aromatic carbocycles. The lowest BCUT2D eigenvalue weighted by atomic mass is 10.1. The van der Waals surface area contributed by atoms with E-state index in [0.29, 0.717) is 6.04 Å². The van der Waals surface area contributed by atoms with Crippen LogP contribution in [0.3, 0.4) is 0 Å². The van der Waals surface area contributed by atoms with Gasteiger partial charge < -0.3 is 15.5 Å². The minimum absolute atomic E-state index is 0.118. The predicted molar refractivity (Wildman–Crippen MR) is 69.0 cm³/mol. The zero-order chi connectivity index (χ0) is 12.1. The van der Waals surface area contributed by atoms with Crippen molar-refractivity contribution in [3.05, 3.63) is 0 Å². The lowest BCUT2D eigenvalue weighted by Gasteiger charge is -2.32. The van der Waals surface area contributed by atoms with Crippen LogP contribution in [0.1, 0.15) is 39.0 Å². The number of hydrogen-bond acceptors (Lipinski definition) is 2. The number of amides is 2. The van der Waals surface area contributed by atoms with Crippen LogP contribution in [-0.4, -0.2) is 43.2 Å². The first-order valence-electron chi connectivity index (χ1n) is 7.05. The van der Waals surface area contributed by atoms with Crippen LogP contribution >= 0.6 is 0 Å². The molecule has 0 unspecified atom stereocenters. The number of carbonyl (C=O) groups excluding carboxylic acids is 1. The van der Waals surface area contributed by atoms with Crippen molar-refractivity contribution in [3.63, 3.8) is 0 Å². The average Bonchev–Trinajstić information content (AvgIpc) is 3.18. The van der Waals surface area contributed by atoms with Crippen LogP contribution in [0, 0.1) is 5.92 Å². The molecule has 1 aliphatic carbocycles. The molecule has 2 rings (SSSR count). The second-order valence-electron chi connectivity index (χ2n) is 5.34. The molecule has 1 aliphatic heterocycles. The number of nitrogens with one attached hydrogen (secondary N) is 2. The van der Waals surface area contributed by atoms with Crippen molar-refractivity contribution < 1.29 is 4.79 Å². The van der Waals surface area contributed by atoms with Gasteiger partial charge in [0.1, 0.15) is 0 Å². The number of nitrogens with zero attached hydrogens (tertiary/aromatic N) is 1. The Morgan fingerprint density at radius 1 is 1.24 bits per heavy atom. The number of carbonyl (C=O) groups is 1. The maximum absolute atomic E-state index is 11.7. The molecule has 2 amide bonds. The highest BCUT2D eigenvalue weighted by Gasteiger charge is 2.25. The maximum Gasteiger partial charge on any atom is 0.317 e. The van der Waals surface area contributed by atoms with E-state index in [1.54, 1.807) is 0 Å². The maximum atomic E-state index is 11.7. The third kappa shape index (κ3) is 4.19. The second kappa shape index (κ2) is 6.24. The molecule has 0 bridgehead atoms. The third-order valence-corrected chi connectivity index (χ3v) is 3.70. The molecular formula is C13H25N3O. The summed E-state index contributed by atoms with van der Waals surface area (Å²) in [6.07, 6.45) is 6.03. The van der Waals surface area contributed by atoms with Gasteiger partial charge in [0, 0.05) is 25.7 Å². The van der Waals surface area contributed by atoms with Crippen molar-refractivity contribution in [2.45, 2.75) is 45.1 Å². The van der Waals surface area contributed by atoms with Gasteiger partial charge in [-0.1, -0.05) is 6.92 Å². The Bertz CT molecular complexity index is 245. The fourth-order valence-electron chi connectivity index (χ4n) is 2.29. The van der Waals surface area contributed by atoms with Crippen molar-refractivity contribution in [1.29, 1.82) is 0 Å². The van der Waals surface area contributed by atoms with Crippen LogP contribution in [0.2, 0.25) is 0 Å². The van der Waals surface area contributed by atoms with E-state index in [2.05, 4.69) is 17.6 Å². The summed E-state index contributed by atoms with van der Waals surface area (Å²) in [5, 5.41) is 6.57. The molecule has 0 radical (unpaired) electrons. The molecule has 2 aliphatic rings. The molecule has 4 heteroatoms. The molecule has 17 heavy (non-hydrogen) atoms. The summed E-state index contributed by atoms with van der Waals surface area (Å²) < 4.78 is 0. The fraction of sp³-hybridized carbons (Fsp3) is 0.923. The lowest BCUT2D eigenvalue weighted by Crippen LogP contribution is -2.48. The number of hydrogen-bond donors (Lipinski definition) is 2. The summed E-state index contributed by atoms with van der Waals surface area (Å²) in [7, 11) is 0. The molecule has 98 valence electrons. The van der Waals surface area contributed by atoms with Crippen LogP contribution in [0.25, 0.3) is 0 Å². The number of likely N-dealkylation sites (tertiary alicyclic amines) is 1. The van der Waals surface area contributed by atoms with Gasteiger partial charge in [-0.3, -0.25) is 0 Å². The van der Waals surface area contributed by atoms with Crippen molar-refractivity contribution in [2.24, 2.45) is 5.92 Å². The molecule has 1 saturated carbocycles. The molecule has 0 aromatic rings. The van der Waals surface area contributed by atoms with Crippen LogP contribution in [0.5, 0.6) is 0 Å². The van der Waals surface area contributed by atoms with E-state index in [0.717, 1.165) is 44.8 Å². The van der Waals surface area contributed by atoms with Gasteiger partial charge in [0.2, 0.25) is 0 Å². The molecule has 2 N–H and O–H groups in total. The van der Waals surface area contributed by atoms with E-state index < -0.39 is 0 Å². The molecule has 2 fully saturated rings. The van der Waals surface area contributed by atoms with E-state index in [1.165, 1.54) is 19.4 Å². The average molecular weight is 239 g/mol. The SMILES string of the molecule is CCCNC(=O)N1CCC(NCC2CC2)CC1. The standard InChI is InChI=1S/C13H25N3O/c1-2-7-14-13(17)16-8-5-12(6-9-16)15-10-11-3-4-11/h11-12,15H,2-10H2,1H3,(H,14,17). The highest BCUT2D eigenvalue weighted by Crippen LogP contribution is 2.28. The fourth-order valence-corrected chi connectivity index (χ4v) is 2.29. The zero-order valence-electron chi connectivity index (χ0n) is 10.9. The van der Waals surface area contributed by atoms with Gasteiger partial charge in [-0.05, 0) is 44.6 Å². The van der Waals surface area contributed by atoms with Gasteiger partial charge in [-0.2, -0.15) is 0 Å². The first-order chi connectivity index (χ1) is 8.29. The normalized spacial score (nSPS) is 21.6. The van der Waals surface area contributed by atoms with Crippen molar-refractivity contribution in [3.8, 4) is 0 Å². The molecule has 0 aromatic heterocycles. The van der Waals surface area contributed by atoms with Crippen molar-refractivity contribution in [1.82, 2.24) is 15.5 Å². The van der Waals surface area contributed by atoms with Crippen LogP contribution in [0.15, 0.2) is 0 Å².